The monoisotopic (exact) mass is 541 g/mol. The van der Waals surface area contributed by atoms with Gasteiger partial charge in [0.15, 0.2) is 0 Å². The highest BCUT2D eigenvalue weighted by molar-refractivity contribution is 5.78. The quantitative estimate of drug-likeness (QED) is 0.135. The van der Waals surface area contributed by atoms with Crippen molar-refractivity contribution >= 4 is 6.29 Å². The van der Waals surface area contributed by atoms with Crippen LogP contribution in [0.2, 0.25) is 0 Å². The van der Waals surface area contributed by atoms with E-state index in [1.165, 1.54) is 11.1 Å². The summed E-state index contributed by atoms with van der Waals surface area (Å²) in [5, 5.41) is 0. The number of carbonyl (C=O) groups is 1. The molecule has 0 aromatic heterocycles. The van der Waals surface area contributed by atoms with E-state index in [4.69, 9.17) is 9.47 Å². The van der Waals surface area contributed by atoms with E-state index in [1.807, 2.05) is 72.8 Å². The van der Waals surface area contributed by atoms with E-state index in [1.54, 1.807) is 0 Å². The molecule has 0 saturated heterocycles. The van der Waals surface area contributed by atoms with E-state index in [2.05, 4.69) is 65.6 Å². The number of carbonyl (C=O) groups excluding carboxylic acids is 1. The van der Waals surface area contributed by atoms with Gasteiger partial charge in [0.05, 0.1) is 0 Å². The van der Waals surface area contributed by atoms with Crippen molar-refractivity contribution in [2.45, 2.75) is 26.1 Å². The molecule has 206 valence electrons. The van der Waals surface area contributed by atoms with Crippen molar-refractivity contribution in [1.29, 1.82) is 0 Å². The summed E-state index contributed by atoms with van der Waals surface area (Å²) in [6.45, 7) is 3.55. The summed E-state index contributed by atoms with van der Waals surface area (Å²) in [6.07, 6.45) is 1.55. The molecule has 0 atom stereocenters. The van der Waals surface area contributed by atoms with Gasteiger partial charge in [0.25, 0.3) is 0 Å². The molecule has 0 aliphatic heterocycles. The number of hydrogen-bond acceptors (Lipinski definition) is 4. The van der Waals surface area contributed by atoms with Crippen LogP contribution in [-0.2, 0) is 26.1 Å². The molecule has 0 heterocycles. The average molecular weight is 542 g/mol. The second kappa shape index (κ2) is 14.6. The number of aldehydes is 1. The Labute approximate surface area is 242 Å². The molecule has 5 aromatic carbocycles. The van der Waals surface area contributed by atoms with Gasteiger partial charge in [-0.05, 0) is 64.6 Å². The van der Waals surface area contributed by atoms with Gasteiger partial charge >= 0.3 is 0 Å². The van der Waals surface area contributed by atoms with Crippen molar-refractivity contribution in [3.05, 3.63) is 167 Å². The molecular formula is C37H35NO3. The van der Waals surface area contributed by atoms with Crippen LogP contribution in [0.4, 0.5) is 0 Å². The Balaban J connectivity index is 1.19. The number of rotatable bonds is 14. The molecule has 0 radical (unpaired) electrons. The summed E-state index contributed by atoms with van der Waals surface area (Å²) >= 11 is 0. The molecule has 0 fully saturated rings. The average Bonchev–Trinajstić information content (AvgIpc) is 3.02. The third-order valence-electron chi connectivity index (χ3n) is 6.98. The Bertz CT molecular complexity index is 1450. The van der Waals surface area contributed by atoms with E-state index in [0.717, 1.165) is 54.1 Å². The van der Waals surface area contributed by atoms with Gasteiger partial charge in [-0.2, -0.15) is 0 Å². The summed E-state index contributed by atoms with van der Waals surface area (Å²) in [5.74, 6) is 1.59. The molecular weight excluding hydrogens is 506 g/mol. The van der Waals surface area contributed by atoms with Crippen molar-refractivity contribution in [2.24, 2.45) is 0 Å². The highest BCUT2D eigenvalue weighted by atomic mass is 16.5. The first-order valence-electron chi connectivity index (χ1n) is 14.0. The van der Waals surface area contributed by atoms with Gasteiger partial charge in [0.2, 0.25) is 0 Å². The Hall–Kier alpha value is -4.67. The Morgan fingerprint density at radius 1 is 0.561 bits per heavy atom. The molecule has 0 saturated carbocycles. The molecule has 0 aliphatic carbocycles. The third-order valence-corrected chi connectivity index (χ3v) is 6.98. The molecule has 41 heavy (non-hydrogen) atoms. The molecule has 0 spiro atoms. The smallest absolute Gasteiger partial charge is 0.150 e. The van der Waals surface area contributed by atoms with Gasteiger partial charge < -0.3 is 9.47 Å². The summed E-state index contributed by atoms with van der Waals surface area (Å²) in [4.78, 5) is 14.2. The zero-order chi connectivity index (χ0) is 28.1. The van der Waals surface area contributed by atoms with E-state index < -0.39 is 0 Å². The van der Waals surface area contributed by atoms with Crippen LogP contribution in [0.5, 0.6) is 11.5 Å². The van der Waals surface area contributed by atoms with Gasteiger partial charge in [-0.25, -0.2) is 0 Å². The maximum Gasteiger partial charge on any atom is 0.150 e. The normalized spacial score (nSPS) is 10.9. The van der Waals surface area contributed by atoms with Crippen LogP contribution < -0.4 is 9.47 Å². The van der Waals surface area contributed by atoms with Crippen LogP contribution >= 0.6 is 0 Å². The molecule has 4 heteroatoms. The number of hydrogen-bond donors (Lipinski definition) is 0. The first-order chi connectivity index (χ1) is 20.2. The summed E-state index contributed by atoms with van der Waals surface area (Å²) < 4.78 is 12.1. The molecule has 0 unspecified atom stereocenters. The maximum absolute atomic E-state index is 11.8. The Morgan fingerprint density at radius 2 is 1.12 bits per heavy atom. The maximum atomic E-state index is 11.8. The predicted molar refractivity (Wildman–Crippen MR) is 164 cm³/mol. The van der Waals surface area contributed by atoms with Crippen molar-refractivity contribution in [3.63, 3.8) is 0 Å². The first kappa shape index (κ1) is 27.9. The molecule has 0 amide bonds. The SMILES string of the molecule is O=Cc1ccc(OCCN(Cc2ccccc2)Cc2ccccc2)cc1Cc1ccc(OCc2ccccc2)cc1. The summed E-state index contributed by atoms with van der Waals surface area (Å²) in [5.41, 5.74) is 6.41. The largest absolute Gasteiger partial charge is 0.492 e. The lowest BCUT2D eigenvalue weighted by Crippen LogP contribution is -2.27. The van der Waals surface area contributed by atoms with Gasteiger partial charge in [-0.1, -0.05) is 103 Å². The Kier molecular flexibility index (Phi) is 9.96. The van der Waals surface area contributed by atoms with Crippen LogP contribution in [0, 0.1) is 0 Å². The molecule has 0 aliphatic rings. The fourth-order valence-electron chi connectivity index (χ4n) is 4.79. The van der Waals surface area contributed by atoms with Crippen LogP contribution in [0.15, 0.2) is 133 Å². The van der Waals surface area contributed by atoms with E-state index in [-0.39, 0.29) is 0 Å². The van der Waals surface area contributed by atoms with Crippen molar-refractivity contribution in [3.8, 4) is 11.5 Å². The van der Waals surface area contributed by atoms with E-state index in [9.17, 15) is 4.79 Å². The number of nitrogens with zero attached hydrogens (tertiary/aromatic N) is 1. The summed E-state index contributed by atoms with van der Waals surface area (Å²) in [6, 6.07) is 44.9. The molecule has 5 rings (SSSR count). The zero-order valence-corrected chi connectivity index (χ0v) is 23.2. The van der Waals surface area contributed by atoms with Gasteiger partial charge in [-0.3, -0.25) is 9.69 Å². The lowest BCUT2D eigenvalue weighted by Gasteiger charge is -2.23. The Morgan fingerprint density at radius 3 is 1.71 bits per heavy atom. The van der Waals surface area contributed by atoms with Gasteiger partial charge in [0, 0.05) is 25.2 Å². The highest BCUT2D eigenvalue weighted by Gasteiger charge is 2.10. The topological polar surface area (TPSA) is 38.8 Å². The molecule has 5 aromatic rings. The minimum Gasteiger partial charge on any atom is -0.492 e. The third kappa shape index (κ3) is 8.66. The molecule has 0 bridgehead atoms. The van der Waals surface area contributed by atoms with Crippen molar-refractivity contribution < 1.29 is 14.3 Å². The van der Waals surface area contributed by atoms with Gasteiger partial charge in [0.1, 0.15) is 31.0 Å². The predicted octanol–water partition coefficient (Wildman–Crippen LogP) is 7.75. The first-order valence-corrected chi connectivity index (χ1v) is 14.0. The lowest BCUT2D eigenvalue weighted by molar-refractivity contribution is 0.112. The van der Waals surface area contributed by atoms with Crippen LogP contribution in [-0.4, -0.2) is 24.3 Å². The van der Waals surface area contributed by atoms with Crippen LogP contribution in [0.25, 0.3) is 0 Å². The lowest BCUT2D eigenvalue weighted by atomic mass is 10.00. The van der Waals surface area contributed by atoms with Crippen molar-refractivity contribution in [1.82, 2.24) is 4.90 Å². The fraction of sp³-hybridized carbons (Fsp3) is 0.162. The number of ether oxygens (including phenoxy) is 2. The second-order valence-electron chi connectivity index (χ2n) is 10.1. The minimum atomic E-state index is 0.531. The van der Waals surface area contributed by atoms with Gasteiger partial charge in [-0.15, -0.1) is 0 Å². The second-order valence-corrected chi connectivity index (χ2v) is 10.1. The van der Waals surface area contributed by atoms with E-state index in [0.29, 0.717) is 25.2 Å². The standard InChI is InChI=1S/C37H35NO3/c39-28-34-18-21-37(25-35(34)24-30-16-19-36(20-17-30)41-29-33-14-8-3-9-15-33)40-23-22-38(26-31-10-4-1-5-11-31)27-32-12-6-2-7-13-32/h1-21,25,28H,22-24,26-27,29H2. The van der Waals surface area contributed by atoms with Crippen LogP contribution in [0.3, 0.4) is 0 Å². The highest BCUT2D eigenvalue weighted by Crippen LogP contribution is 2.22. The zero-order valence-electron chi connectivity index (χ0n) is 23.2. The fourth-order valence-corrected chi connectivity index (χ4v) is 4.79. The molecule has 4 nitrogen and oxygen atoms in total. The van der Waals surface area contributed by atoms with E-state index >= 15 is 0 Å². The molecule has 0 N–H and O–H groups in total. The van der Waals surface area contributed by atoms with Crippen molar-refractivity contribution in [2.75, 3.05) is 13.2 Å². The minimum absolute atomic E-state index is 0.531. The summed E-state index contributed by atoms with van der Waals surface area (Å²) in [7, 11) is 0. The number of benzene rings is 5. The van der Waals surface area contributed by atoms with Crippen LogP contribution in [0.1, 0.15) is 38.2 Å².